The van der Waals surface area contributed by atoms with Crippen LogP contribution in [0.25, 0.3) is 0 Å². The highest BCUT2D eigenvalue weighted by atomic mass is 16.5. The molecule has 2 N–H and O–H groups in total. The van der Waals surface area contributed by atoms with Gasteiger partial charge in [-0.25, -0.2) is 4.99 Å². The Morgan fingerprint density at radius 2 is 1.89 bits per heavy atom. The molecule has 1 aliphatic rings. The Morgan fingerprint density at radius 1 is 1.11 bits per heavy atom. The van der Waals surface area contributed by atoms with Gasteiger partial charge < -0.3 is 20.1 Å². The van der Waals surface area contributed by atoms with Crippen molar-refractivity contribution in [2.75, 3.05) is 52.6 Å². The van der Waals surface area contributed by atoms with E-state index in [2.05, 4.69) is 46.7 Å². The number of nitrogens with one attached hydrogen (secondary N) is 2. The van der Waals surface area contributed by atoms with Crippen molar-refractivity contribution in [1.82, 2.24) is 15.5 Å². The van der Waals surface area contributed by atoms with Crippen LogP contribution in [0.5, 0.6) is 0 Å². The van der Waals surface area contributed by atoms with Crippen molar-refractivity contribution in [3.8, 4) is 0 Å². The second-order valence-electron chi connectivity index (χ2n) is 6.68. The molecule has 0 radical (unpaired) electrons. The molecule has 0 amide bonds. The number of ether oxygens (including phenoxy) is 2. The third-order valence-corrected chi connectivity index (χ3v) is 4.58. The number of unbranched alkanes of at least 4 members (excludes halogenated alkanes) is 1. The Morgan fingerprint density at radius 3 is 2.63 bits per heavy atom. The lowest BCUT2D eigenvalue weighted by Gasteiger charge is -2.27. The largest absolute Gasteiger partial charge is 0.382 e. The Labute approximate surface area is 164 Å². The van der Waals surface area contributed by atoms with Crippen molar-refractivity contribution in [2.24, 2.45) is 4.99 Å². The van der Waals surface area contributed by atoms with Gasteiger partial charge in [0.1, 0.15) is 0 Å². The maximum absolute atomic E-state index is 5.45. The molecular formula is C21H36N4O2. The molecule has 0 aromatic heterocycles. The molecular weight excluding hydrogens is 340 g/mol. The van der Waals surface area contributed by atoms with Crippen molar-refractivity contribution >= 4 is 5.96 Å². The molecule has 152 valence electrons. The zero-order valence-corrected chi connectivity index (χ0v) is 17.0. The first kappa shape index (κ1) is 21.7. The van der Waals surface area contributed by atoms with Crippen LogP contribution in [0.15, 0.2) is 29.3 Å². The standard InChI is InChI=1S/C21H36N4O2/c1-3-22-21(23-11-7-8-14-26-4-2)24-17-19-9-5-6-10-20(19)18-25-12-15-27-16-13-25/h5-6,9-10H,3-4,7-8,11-18H2,1-2H3,(H2,22,23,24). The van der Waals surface area contributed by atoms with E-state index in [0.717, 1.165) is 78.0 Å². The normalized spacial score (nSPS) is 15.7. The van der Waals surface area contributed by atoms with Crippen LogP contribution in [0, 0.1) is 0 Å². The quantitative estimate of drug-likeness (QED) is 0.353. The summed E-state index contributed by atoms with van der Waals surface area (Å²) < 4.78 is 10.8. The third kappa shape index (κ3) is 8.73. The Balaban J connectivity index is 1.86. The maximum atomic E-state index is 5.45. The average Bonchev–Trinajstić information content (AvgIpc) is 2.70. The molecule has 0 spiro atoms. The van der Waals surface area contributed by atoms with Crippen LogP contribution in [-0.2, 0) is 22.6 Å². The van der Waals surface area contributed by atoms with Crippen LogP contribution in [0.3, 0.4) is 0 Å². The molecule has 1 aliphatic heterocycles. The van der Waals surface area contributed by atoms with Crippen molar-refractivity contribution in [1.29, 1.82) is 0 Å². The molecule has 0 unspecified atom stereocenters. The second kappa shape index (κ2) is 13.5. The van der Waals surface area contributed by atoms with Gasteiger partial charge in [0, 0.05) is 45.9 Å². The van der Waals surface area contributed by atoms with Crippen LogP contribution in [0.2, 0.25) is 0 Å². The molecule has 1 aromatic carbocycles. The molecule has 0 bridgehead atoms. The van der Waals surface area contributed by atoms with E-state index < -0.39 is 0 Å². The summed E-state index contributed by atoms with van der Waals surface area (Å²) in [7, 11) is 0. The molecule has 1 fully saturated rings. The van der Waals surface area contributed by atoms with Gasteiger partial charge >= 0.3 is 0 Å². The van der Waals surface area contributed by atoms with E-state index in [9.17, 15) is 0 Å². The highest BCUT2D eigenvalue weighted by Crippen LogP contribution is 2.14. The fourth-order valence-corrected chi connectivity index (χ4v) is 3.05. The van der Waals surface area contributed by atoms with E-state index in [4.69, 9.17) is 14.5 Å². The Hall–Kier alpha value is -1.63. The highest BCUT2D eigenvalue weighted by Gasteiger charge is 2.12. The molecule has 27 heavy (non-hydrogen) atoms. The zero-order valence-electron chi connectivity index (χ0n) is 17.0. The van der Waals surface area contributed by atoms with Gasteiger partial charge in [0.15, 0.2) is 5.96 Å². The van der Waals surface area contributed by atoms with Crippen LogP contribution in [-0.4, -0.2) is 63.5 Å². The molecule has 2 rings (SSSR count). The topological polar surface area (TPSA) is 58.1 Å². The van der Waals surface area contributed by atoms with Gasteiger partial charge in [-0.2, -0.15) is 0 Å². The maximum Gasteiger partial charge on any atom is 0.191 e. The summed E-state index contributed by atoms with van der Waals surface area (Å²) in [6, 6.07) is 8.62. The van der Waals surface area contributed by atoms with Gasteiger partial charge in [0.25, 0.3) is 0 Å². The monoisotopic (exact) mass is 376 g/mol. The van der Waals surface area contributed by atoms with Gasteiger partial charge in [-0.3, -0.25) is 4.90 Å². The number of nitrogens with zero attached hydrogens (tertiary/aromatic N) is 2. The molecule has 0 atom stereocenters. The Bertz CT molecular complexity index is 545. The first-order valence-corrected chi connectivity index (χ1v) is 10.3. The fraction of sp³-hybridized carbons (Fsp3) is 0.667. The summed E-state index contributed by atoms with van der Waals surface area (Å²) in [5, 5.41) is 6.76. The summed E-state index contributed by atoms with van der Waals surface area (Å²) in [6.07, 6.45) is 2.15. The third-order valence-electron chi connectivity index (χ3n) is 4.58. The first-order valence-electron chi connectivity index (χ1n) is 10.3. The molecule has 6 heteroatoms. The summed E-state index contributed by atoms with van der Waals surface area (Å²) in [4.78, 5) is 7.24. The van der Waals surface area contributed by atoms with Crippen molar-refractivity contribution < 1.29 is 9.47 Å². The minimum absolute atomic E-state index is 0.689. The number of hydrogen-bond donors (Lipinski definition) is 2. The minimum Gasteiger partial charge on any atom is -0.382 e. The number of guanidine groups is 1. The van der Waals surface area contributed by atoms with Crippen LogP contribution in [0.4, 0.5) is 0 Å². The average molecular weight is 377 g/mol. The molecule has 1 aromatic rings. The Kier molecular flexibility index (Phi) is 10.9. The van der Waals surface area contributed by atoms with Crippen LogP contribution in [0.1, 0.15) is 37.8 Å². The molecule has 0 aliphatic carbocycles. The smallest absolute Gasteiger partial charge is 0.191 e. The van der Waals surface area contributed by atoms with Gasteiger partial charge in [-0.1, -0.05) is 24.3 Å². The van der Waals surface area contributed by atoms with E-state index >= 15 is 0 Å². The van der Waals surface area contributed by atoms with Gasteiger partial charge in [0.2, 0.25) is 0 Å². The predicted molar refractivity (Wildman–Crippen MR) is 111 cm³/mol. The molecule has 6 nitrogen and oxygen atoms in total. The van der Waals surface area contributed by atoms with E-state index in [0.29, 0.717) is 6.54 Å². The van der Waals surface area contributed by atoms with Crippen molar-refractivity contribution in [3.05, 3.63) is 35.4 Å². The highest BCUT2D eigenvalue weighted by molar-refractivity contribution is 5.79. The van der Waals surface area contributed by atoms with Crippen LogP contribution >= 0.6 is 0 Å². The lowest BCUT2D eigenvalue weighted by Crippen LogP contribution is -2.38. The SMILES string of the molecule is CCNC(=NCc1ccccc1CN1CCOCC1)NCCCCOCC. The summed E-state index contributed by atoms with van der Waals surface area (Å²) in [5.41, 5.74) is 2.65. The number of rotatable bonds is 11. The molecule has 1 saturated heterocycles. The van der Waals surface area contributed by atoms with E-state index in [1.807, 2.05) is 6.92 Å². The van der Waals surface area contributed by atoms with Crippen molar-refractivity contribution in [2.45, 2.75) is 39.8 Å². The minimum atomic E-state index is 0.689. The lowest BCUT2D eigenvalue weighted by molar-refractivity contribution is 0.0341. The number of morpholine rings is 1. The van der Waals surface area contributed by atoms with E-state index in [-0.39, 0.29) is 0 Å². The lowest BCUT2D eigenvalue weighted by atomic mass is 10.1. The van der Waals surface area contributed by atoms with E-state index in [1.54, 1.807) is 0 Å². The molecule has 1 heterocycles. The summed E-state index contributed by atoms with van der Waals surface area (Å²) in [6.45, 7) is 12.9. The second-order valence-corrected chi connectivity index (χ2v) is 6.68. The summed E-state index contributed by atoms with van der Waals surface area (Å²) >= 11 is 0. The van der Waals surface area contributed by atoms with Gasteiger partial charge in [-0.05, 0) is 37.8 Å². The van der Waals surface area contributed by atoms with E-state index in [1.165, 1.54) is 11.1 Å². The molecule has 0 saturated carbocycles. The predicted octanol–water partition coefficient (Wildman–Crippen LogP) is 2.39. The van der Waals surface area contributed by atoms with Gasteiger partial charge in [0.05, 0.1) is 19.8 Å². The fourth-order valence-electron chi connectivity index (χ4n) is 3.05. The number of hydrogen-bond acceptors (Lipinski definition) is 4. The number of benzene rings is 1. The van der Waals surface area contributed by atoms with Crippen molar-refractivity contribution in [3.63, 3.8) is 0 Å². The zero-order chi connectivity index (χ0) is 19.2. The van der Waals surface area contributed by atoms with Crippen LogP contribution < -0.4 is 10.6 Å². The summed E-state index contributed by atoms with van der Waals surface area (Å²) in [5.74, 6) is 0.884. The van der Waals surface area contributed by atoms with Gasteiger partial charge in [-0.15, -0.1) is 0 Å². The number of aliphatic imine (C=N–C) groups is 1. The first-order chi connectivity index (χ1) is 13.3.